The maximum atomic E-state index is 10.7. The molecule has 1 aromatic rings. The molecular weight excluding hydrogens is 180 g/mol. The summed E-state index contributed by atoms with van der Waals surface area (Å²) in [5, 5.41) is 7.51. The lowest BCUT2D eigenvalue weighted by Gasteiger charge is -1.95. The van der Waals surface area contributed by atoms with Gasteiger partial charge in [0.2, 0.25) is 5.82 Å². The van der Waals surface area contributed by atoms with Gasteiger partial charge in [-0.05, 0) is 6.42 Å². The van der Waals surface area contributed by atoms with Crippen LogP contribution in [-0.4, -0.2) is 20.7 Å². The fourth-order valence-electron chi connectivity index (χ4n) is 1.33. The number of fused-ring (bicyclic) bond motifs is 1. The Morgan fingerprint density at radius 2 is 2.25 bits per heavy atom. The number of nitrogens with zero attached hydrogens (tertiary/aromatic N) is 3. The van der Waals surface area contributed by atoms with Gasteiger partial charge in [-0.3, -0.25) is 4.79 Å². The van der Waals surface area contributed by atoms with Gasteiger partial charge >= 0.3 is 0 Å². The number of carbonyl (C=O) groups excluding carboxylic acids is 1. The van der Waals surface area contributed by atoms with Crippen LogP contribution in [0, 0.1) is 0 Å². The first-order chi connectivity index (χ1) is 5.29. The molecule has 2 rings (SSSR count). The highest BCUT2D eigenvalue weighted by atomic mass is 35.5. The van der Waals surface area contributed by atoms with Crippen molar-refractivity contribution in [2.75, 3.05) is 0 Å². The fourth-order valence-corrected chi connectivity index (χ4v) is 1.33. The first-order valence-corrected chi connectivity index (χ1v) is 3.51. The molecule has 6 heteroatoms. The monoisotopic (exact) mass is 188 g/mol. The summed E-state index contributed by atoms with van der Waals surface area (Å²) >= 11 is 0. The van der Waals surface area contributed by atoms with Crippen LogP contribution in [0.4, 0.5) is 0 Å². The molecule has 1 aliphatic rings. The van der Waals surface area contributed by atoms with Gasteiger partial charge in [-0.1, -0.05) is 0 Å². The maximum Gasteiger partial charge on any atom is 0.286 e. The molecule has 0 spiro atoms. The molecule has 0 saturated heterocycles. The van der Waals surface area contributed by atoms with Crippen molar-refractivity contribution in [3.8, 4) is 0 Å². The largest absolute Gasteiger partial charge is 0.363 e. The van der Waals surface area contributed by atoms with E-state index < -0.39 is 5.91 Å². The molecule has 0 unspecified atom stereocenters. The zero-order valence-electron chi connectivity index (χ0n) is 6.36. The molecule has 0 aromatic carbocycles. The molecule has 2 N–H and O–H groups in total. The third kappa shape index (κ3) is 1.16. The predicted molar refractivity (Wildman–Crippen MR) is 44.1 cm³/mol. The van der Waals surface area contributed by atoms with Crippen molar-refractivity contribution >= 4 is 18.3 Å². The Balaban J connectivity index is 0.000000720. The molecule has 66 valence electrons. The van der Waals surface area contributed by atoms with Gasteiger partial charge in [-0.15, -0.1) is 22.6 Å². The molecule has 0 atom stereocenters. The number of primary amides is 1. The van der Waals surface area contributed by atoms with Crippen molar-refractivity contribution in [2.24, 2.45) is 5.73 Å². The predicted octanol–water partition coefficient (Wildman–Crippen LogP) is -0.255. The second-order valence-electron chi connectivity index (χ2n) is 2.56. The molecule has 1 aliphatic heterocycles. The second kappa shape index (κ2) is 3.10. The van der Waals surface area contributed by atoms with Crippen LogP contribution in [-0.2, 0) is 13.0 Å². The summed E-state index contributed by atoms with van der Waals surface area (Å²) in [5.41, 5.74) is 5.07. The lowest BCUT2D eigenvalue weighted by molar-refractivity contribution is 0.0986. The molecule has 12 heavy (non-hydrogen) atoms. The number of carbonyl (C=O) groups is 1. The van der Waals surface area contributed by atoms with Crippen LogP contribution in [0.2, 0.25) is 0 Å². The van der Waals surface area contributed by atoms with Gasteiger partial charge in [0.1, 0.15) is 5.82 Å². The summed E-state index contributed by atoms with van der Waals surface area (Å²) in [7, 11) is 0. The molecule has 2 heterocycles. The number of hydrogen-bond acceptors (Lipinski definition) is 3. The van der Waals surface area contributed by atoms with E-state index in [0.29, 0.717) is 0 Å². The molecule has 0 bridgehead atoms. The zero-order chi connectivity index (χ0) is 7.84. The Morgan fingerprint density at radius 1 is 1.50 bits per heavy atom. The van der Waals surface area contributed by atoms with Gasteiger partial charge in [0.15, 0.2) is 0 Å². The van der Waals surface area contributed by atoms with Gasteiger partial charge in [0, 0.05) is 13.0 Å². The highest BCUT2D eigenvalue weighted by molar-refractivity contribution is 5.89. The lowest BCUT2D eigenvalue weighted by Crippen LogP contribution is -2.17. The Bertz CT molecular complexity index is 308. The molecule has 0 radical (unpaired) electrons. The molecule has 0 saturated carbocycles. The van der Waals surface area contributed by atoms with Gasteiger partial charge < -0.3 is 10.3 Å². The van der Waals surface area contributed by atoms with Crippen LogP contribution in [0.3, 0.4) is 0 Å². The van der Waals surface area contributed by atoms with E-state index >= 15 is 0 Å². The van der Waals surface area contributed by atoms with Crippen molar-refractivity contribution in [3.05, 3.63) is 11.6 Å². The minimum Gasteiger partial charge on any atom is -0.363 e. The number of rotatable bonds is 1. The average Bonchev–Trinajstić information content (AvgIpc) is 2.41. The topological polar surface area (TPSA) is 73.8 Å². The average molecular weight is 189 g/mol. The third-order valence-corrected chi connectivity index (χ3v) is 1.83. The summed E-state index contributed by atoms with van der Waals surface area (Å²) in [4.78, 5) is 10.7. The van der Waals surface area contributed by atoms with Gasteiger partial charge in [0.25, 0.3) is 5.91 Å². The Labute approximate surface area is 75.4 Å². The van der Waals surface area contributed by atoms with Crippen LogP contribution < -0.4 is 5.73 Å². The molecule has 1 aromatic heterocycles. The number of aromatic nitrogens is 3. The van der Waals surface area contributed by atoms with Gasteiger partial charge in [-0.25, -0.2) is 0 Å². The zero-order valence-corrected chi connectivity index (χ0v) is 7.17. The minimum absolute atomic E-state index is 0. The van der Waals surface area contributed by atoms with Crippen molar-refractivity contribution < 1.29 is 4.79 Å². The molecule has 0 aliphatic carbocycles. The van der Waals surface area contributed by atoms with E-state index in [1.165, 1.54) is 0 Å². The van der Waals surface area contributed by atoms with E-state index in [1.807, 2.05) is 0 Å². The third-order valence-electron chi connectivity index (χ3n) is 1.83. The molecule has 5 nitrogen and oxygen atoms in total. The minimum atomic E-state index is -0.495. The van der Waals surface area contributed by atoms with Crippen molar-refractivity contribution in [3.63, 3.8) is 0 Å². The van der Waals surface area contributed by atoms with E-state index in [9.17, 15) is 4.79 Å². The standard InChI is InChI=1S/C6H8N4O.ClH/c7-5(11)6-9-8-4-2-1-3-10(4)6;/h1-3H2,(H2,7,11);1H. The van der Waals surface area contributed by atoms with Crippen LogP contribution >= 0.6 is 12.4 Å². The summed E-state index contributed by atoms with van der Waals surface area (Å²) in [6.45, 7) is 0.820. The van der Waals surface area contributed by atoms with E-state index in [2.05, 4.69) is 10.2 Å². The SMILES string of the molecule is Cl.NC(=O)c1nnc2n1CCC2. The summed E-state index contributed by atoms with van der Waals surface area (Å²) in [6.07, 6.45) is 1.94. The highest BCUT2D eigenvalue weighted by Gasteiger charge is 2.19. The number of aryl methyl sites for hydroxylation is 1. The number of nitrogens with two attached hydrogens (primary N) is 1. The fraction of sp³-hybridized carbons (Fsp3) is 0.500. The van der Waals surface area contributed by atoms with Crippen LogP contribution in [0.1, 0.15) is 22.9 Å². The van der Waals surface area contributed by atoms with E-state index in [1.54, 1.807) is 4.57 Å². The Kier molecular flexibility index (Phi) is 2.32. The summed E-state index contributed by atoms with van der Waals surface area (Å²) in [5.74, 6) is 0.668. The van der Waals surface area contributed by atoms with Gasteiger partial charge in [-0.2, -0.15) is 0 Å². The summed E-state index contributed by atoms with van der Waals surface area (Å²) in [6, 6.07) is 0. The first kappa shape index (κ1) is 8.99. The first-order valence-electron chi connectivity index (χ1n) is 3.51. The lowest BCUT2D eigenvalue weighted by atomic mass is 10.4. The normalized spacial score (nSPS) is 13.7. The van der Waals surface area contributed by atoms with E-state index in [0.717, 1.165) is 25.2 Å². The number of amides is 1. The quantitative estimate of drug-likeness (QED) is 0.660. The molecule has 1 amide bonds. The van der Waals surface area contributed by atoms with E-state index in [-0.39, 0.29) is 18.2 Å². The second-order valence-corrected chi connectivity index (χ2v) is 2.56. The van der Waals surface area contributed by atoms with Crippen molar-refractivity contribution in [1.82, 2.24) is 14.8 Å². The molecular formula is C6H9ClN4O. The molecule has 0 fully saturated rings. The van der Waals surface area contributed by atoms with Crippen LogP contribution in [0.25, 0.3) is 0 Å². The highest BCUT2D eigenvalue weighted by Crippen LogP contribution is 2.12. The van der Waals surface area contributed by atoms with Crippen LogP contribution in [0.5, 0.6) is 0 Å². The van der Waals surface area contributed by atoms with Gasteiger partial charge in [0.05, 0.1) is 0 Å². The number of hydrogen-bond donors (Lipinski definition) is 1. The van der Waals surface area contributed by atoms with Crippen molar-refractivity contribution in [2.45, 2.75) is 19.4 Å². The smallest absolute Gasteiger partial charge is 0.286 e. The number of halogens is 1. The van der Waals surface area contributed by atoms with Crippen molar-refractivity contribution in [1.29, 1.82) is 0 Å². The Hall–Kier alpha value is -1.10. The van der Waals surface area contributed by atoms with Crippen LogP contribution in [0.15, 0.2) is 0 Å². The van der Waals surface area contributed by atoms with E-state index in [4.69, 9.17) is 5.73 Å². The Morgan fingerprint density at radius 3 is 2.92 bits per heavy atom. The summed E-state index contributed by atoms with van der Waals surface area (Å²) < 4.78 is 1.78. The maximum absolute atomic E-state index is 10.7.